The molecular weight excluding hydrogens is 504 g/mol. The quantitative estimate of drug-likeness (QED) is 0.338. The van der Waals surface area contributed by atoms with Crippen LogP contribution >= 0.6 is 11.3 Å². The first-order chi connectivity index (χ1) is 17.1. The number of hydrogen-bond acceptors (Lipinski definition) is 7. The number of nitro benzene ring substituents is 1. The van der Waals surface area contributed by atoms with Gasteiger partial charge in [-0.15, -0.1) is 0 Å². The third-order valence-electron chi connectivity index (χ3n) is 6.17. The molecule has 1 aromatic heterocycles. The molecule has 0 N–H and O–H groups in total. The Balaban J connectivity index is 1.65. The first-order valence-corrected chi connectivity index (χ1v) is 13.8. The van der Waals surface area contributed by atoms with Gasteiger partial charge in [-0.3, -0.25) is 14.9 Å². The van der Waals surface area contributed by atoms with Crippen LogP contribution in [0.4, 0.5) is 5.69 Å². The maximum Gasteiger partial charge on any atom is 0.279 e. The number of fused-ring (bicyclic) bond motifs is 1. The lowest BCUT2D eigenvalue weighted by Gasteiger charge is -2.34. The fourth-order valence-electron chi connectivity index (χ4n) is 4.53. The van der Waals surface area contributed by atoms with Gasteiger partial charge in [-0.05, 0) is 48.6 Å². The van der Waals surface area contributed by atoms with E-state index in [2.05, 4.69) is 4.99 Å². The Bertz CT molecular complexity index is 1450. The molecule has 0 spiro atoms. The summed E-state index contributed by atoms with van der Waals surface area (Å²) in [5.41, 5.74) is 0.777. The van der Waals surface area contributed by atoms with Gasteiger partial charge < -0.3 is 9.30 Å². The van der Waals surface area contributed by atoms with Crippen LogP contribution in [-0.2, 0) is 21.3 Å². The third kappa shape index (κ3) is 5.41. The summed E-state index contributed by atoms with van der Waals surface area (Å²) in [6, 6.07) is 10.3. The number of nitro groups is 1. The lowest BCUT2D eigenvalue weighted by Crippen LogP contribution is -2.42. The van der Waals surface area contributed by atoms with Crippen molar-refractivity contribution in [2.75, 3.05) is 26.8 Å². The van der Waals surface area contributed by atoms with Crippen LogP contribution in [0, 0.1) is 22.0 Å². The molecule has 2 aromatic carbocycles. The van der Waals surface area contributed by atoms with Crippen LogP contribution in [0.25, 0.3) is 10.2 Å². The normalized spacial score (nSPS) is 19.6. The van der Waals surface area contributed by atoms with E-state index in [4.69, 9.17) is 4.74 Å². The maximum absolute atomic E-state index is 13.1. The van der Waals surface area contributed by atoms with Gasteiger partial charge >= 0.3 is 0 Å². The van der Waals surface area contributed by atoms with Gasteiger partial charge in [-0.1, -0.05) is 25.2 Å². The third-order valence-corrected chi connectivity index (χ3v) is 9.07. The van der Waals surface area contributed by atoms with Crippen LogP contribution < -0.4 is 4.80 Å². The zero-order valence-corrected chi connectivity index (χ0v) is 21.9. The molecule has 0 saturated carbocycles. The fourth-order valence-corrected chi connectivity index (χ4v) is 7.24. The second-order valence-corrected chi connectivity index (χ2v) is 12.1. The highest BCUT2D eigenvalue weighted by molar-refractivity contribution is 7.89. The average Bonchev–Trinajstić information content (AvgIpc) is 3.18. The van der Waals surface area contributed by atoms with Crippen molar-refractivity contribution < 1.29 is 22.9 Å². The number of sulfonamides is 1. The zero-order chi connectivity index (χ0) is 26.0. The molecule has 10 nitrogen and oxygen atoms in total. The molecule has 2 atom stereocenters. The SMILES string of the molecule is COCCn1c(=NC(=O)c2ccc(S(=O)(=O)N3CC(C)CC(C)C3)cc2)sc2ccc([N+](=O)[O-])cc21. The van der Waals surface area contributed by atoms with Crippen molar-refractivity contribution in [3.05, 3.63) is 62.9 Å². The summed E-state index contributed by atoms with van der Waals surface area (Å²) in [5, 5.41) is 11.2. The Morgan fingerprint density at radius 2 is 1.83 bits per heavy atom. The minimum Gasteiger partial charge on any atom is -0.383 e. The number of thiazole rings is 1. The monoisotopic (exact) mass is 532 g/mol. The predicted molar refractivity (Wildman–Crippen MR) is 136 cm³/mol. The van der Waals surface area contributed by atoms with E-state index in [1.807, 2.05) is 13.8 Å². The summed E-state index contributed by atoms with van der Waals surface area (Å²) in [6.07, 6.45) is 0.996. The second-order valence-electron chi connectivity index (χ2n) is 9.15. The van der Waals surface area contributed by atoms with Gasteiger partial charge in [0.05, 0.1) is 26.6 Å². The molecule has 0 bridgehead atoms. The number of carbonyl (C=O) groups is 1. The molecule has 0 radical (unpaired) electrons. The predicted octanol–water partition coefficient (Wildman–Crippen LogP) is 3.67. The number of nitrogens with zero attached hydrogens (tertiary/aromatic N) is 4. The number of non-ortho nitro benzene ring substituents is 1. The number of amides is 1. The Kier molecular flexibility index (Phi) is 7.69. The minimum atomic E-state index is -3.65. The Morgan fingerprint density at radius 3 is 2.44 bits per heavy atom. The van der Waals surface area contributed by atoms with Crippen LogP contribution in [0.5, 0.6) is 0 Å². The van der Waals surface area contributed by atoms with E-state index in [1.54, 1.807) is 17.7 Å². The summed E-state index contributed by atoms with van der Waals surface area (Å²) in [5.74, 6) is 0.0397. The van der Waals surface area contributed by atoms with Crippen LogP contribution in [-0.4, -0.2) is 54.9 Å². The van der Waals surface area contributed by atoms with E-state index in [0.717, 1.165) is 11.1 Å². The van der Waals surface area contributed by atoms with Gasteiger partial charge in [0.15, 0.2) is 4.80 Å². The van der Waals surface area contributed by atoms with Gasteiger partial charge in [0, 0.05) is 44.4 Å². The summed E-state index contributed by atoms with van der Waals surface area (Å²) >= 11 is 1.24. The molecule has 36 heavy (non-hydrogen) atoms. The molecule has 0 aliphatic carbocycles. The highest BCUT2D eigenvalue weighted by Gasteiger charge is 2.31. The van der Waals surface area contributed by atoms with Crippen LogP contribution in [0.3, 0.4) is 0 Å². The van der Waals surface area contributed by atoms with Crippen molar-refractivity contribution in [2.24, 2.45) is 16.8 Å². The number of piperidine rings is 1. The standard InChI is InChI=1S/C24H28N4O6S2/c1-16-12-17(2)15-26(14-16)36(32,33)20-7-4-18(5-8-20)23(29)25-24-27(10-11-34-3)21-13-19(28(30)31)6-9-22(21)35-24/h4-9,13,16-17H,10-12,14-15H2,1-3H3. The number of benzene rings is 2. The second kappa shape index (κ2) is 10.6. The van der Waals surface area contributed by atoms with Crippen LogP contribution in [0.1, 0.15) is 30.6 Å². The first-order valence-electron chi connectivity index (χ1n) is 11.6. The van der Waals surface area contributed by atoms with Crippen molar-refractivity contribution in [3.63, 3.8) is 0 Å². The van der Waals surface area contributed by atoms with Crippen molar-refractivity contribution in [3.8, 4) is 0 Å². The van der Waals surface area contributed by atoms with E-state index in [0.29, 0.717) is 36.6 Å². The molecule has 12 heteroatoms. The molecule has 1 aliphatic rings. The molecule has 3 aromatic rings. The number of methoxy groups -OCH3 is 1. The molecule has 192 valence electrons. The molecule has 1 amide bonds. The van der Waals surface area contributed by atoms with Gasteiger partial charge in [0.2, 0.25) is 10.0 Å². The molecule has 2 unspecified atom stereocenters. The van der Waals surface area contributed by atoms with Gasteiger partial charge in [0.1, 0.15) is 0 Å². The number of hydrogen-bond donors (Lipinski definition) is 0. The lowest BCUT2D eigenvalue weighted by atomic mass is 9.94. The topological polar surface area (TPSA) is 124 Å². The van der Waals surface area contributed by atoms with E-state index in [9.17, 15) is 23.3 Å². The smallest absolute Gasteiger partial charge is 0.279 e. The summed E-state index contributed by atoms with van der Waals surface area (Å²) in [6.45, 7) is 5.74. The number of ether oxygens (including phenoxy) is 1. The highest BCUT2D eigenvalue weighted by Crippen LogP contribution is 2.27. The lowest BCUT2D eigenvalue weighted by molar-refractivity contribution is -0.384. The highest BCUT2D eigenvalue weighted by atomic mass is 32.2. The van der Waals surface area contributed by atoms with Crippen molar-refractivity contribution in [2.45, 2.75) is 31.7 Å². The Labute approximate surface area is 213 Å². The zero-order valence-electron chi connectivity index (χ0n) is 20.3. The maximum atomic E-state index is 13.1. The Morgan fingerprint density at radius 1 is 1.17 bits per heavy atom. The summed E-state index contributed by atoms with van der Waals surface area (Å²) in [7, 11) is -2.11. The molecule has 4 rings (SSSR count). The molecular formula is C24H28N4O6S2. The van der Waals surface area contributed by atoms with E-state index < -0.39 is 20.9 Å². The van der Waals surface area contributed by atoms with E-state index >= 15 is 0 Å². The van der Waals surface area contributed by atoms with Gasteiger partial charge in [-0.2, -0.15) is 9.30 Å². The molecule has 2 heterocycles. The minimum absolute atomic E-state index is 0.0568. The molecule has 1 fully saturated rings. The van der Waals surface area contributed by atoms with Crippen molar-refractivity contribution in [1.29, 1.82) is 0 Å². The summed E-state index contributed by atoms with van der Waals surface area (Å²) in [4.78, 5) is 28.5. The first kappa shape index (κ1) is 26.1. The average molecular weight is 533 g/mol. The number of rotatable bonds is 7. The largest absolute Gasteiger partial charge is 0.383 e. The van der Waals surface area contributed by atoms with Crippen molar-refractivity contribution >= 4 is 43.2 Å². The van der Waals surface area contributed by atoms with Gasteiger partial charge in [0.25, 0.3) is 11.6 Å². The van der Waals surface area contributed by atoms with Crippen molar-refractivity contribution in [1.82, 2.24) is 8.87 Å². The molecule has 1 saturated heterocycles. The van der Waals surface area contributed by atoms with E-state index in [-0.39, 0.29) is 28.0 Å². The number of carbonyl (C=O) groups excluding carboxylic acids is 1. The van der Waals surface area contributed by atoms with Gasteiger partial charge in [-0.25, -0.2) is 8.42 Å². The summed E-state index contributed by atoms with van der Waals surface area (Å²) < 4.78 is 35.4. The fraction of sp³-hybridized carbons (Fsp3) is 0.417. The Hall–Kier alpha value is -2.93. The molecule has 1 aliphatic heterocycles. The van der Waals surface area contributed by atoms with E-state index in [1.165, 1.54) is 52.0 Å². The van der Waals surface area contributed by atoms with Crippen LogP contribution in [0.15, 0.2) is 52.4 Å². The number of aromatic nitrogens is 1. The van der Waals surface area contributed by atoms with Crippen LogP contribution in [0.2, 0.25) is 0 Å².